The summed E-state index contributed by atoms with van der Waals surface area (Å²) in [6.07, 6.45) is 0. The molecular weight excluding hydrogens is 333 g/mol. The summed E-state index contributed by atoms with van der Waals surface area (Å²) in [5.41, 5.74) is -1.56. The first kappa shape index (κ1) is 16.7. The monoisotopic (exact) mass is 339 g/mol. The van der Waals surface area contributed by atoms with Gasteiger partial charge in [0, 0.05) is 5.69 Å². The Labute approximate surface area is 130 Å². The van der Waals surface area contributed by atoms with Crippen molar-refractivity contribution in [2.24, 2.45) is 0 Å². The molecule has 1 N–H and O–H groups in total. The number of hydrogen-bond acceptors (Lipinski definition) is 4. The Morgan fingerprint density at radius 3 is 2.43 bits per heavy atom. The third-order valence-electron chi connectivity index (χ3n) is 2.81. The topological polar surface area (TPSA) is 93.0 Å². The number of carbonyl (C=O) groups is 1. The number of halogens is 3. The number of rotatable bonds is 3. The van der Waals surface area contributed by atoms with Crippen LogP contribution in [-0.4, -0.2) is 14.7 Å². The van der Waals surface area contributed by atoms with Gasteiger partial charge >= 0.3 is 0 Å². The average Bonchev–Trinajstić information content (AvgIpc) is 2.48. The van der Waals surface area contributed by atoms with Crippen molar-refractivity contribution in [1.82, 2.24) is 0 Å². The highest BCUT2D eigenvalue weighted by Gasteiger charge is 2.21. The molecule has 9 heteroatoms. The predicted octanol–water partition coefficient (Wildman–Crippen LogP) is 2.47. The number of nitriles is 1. The van der Waals surface area contributed by atoms with Gasteiger partial charge in [-0.15, -0.1) is 0 Å². The average molecular weight is 339 g/mol. The summed E-state index contributed by atoms with van der Waals surface area (Å²) in [6, 6.07) is 5.80. The molecule has 0 bridgehead atoms. The van der Waals surface area contributed by atoms with E-state index in [2.05, 4.69) is 5.32 Å². The lowest BCUT2D eigenvalue weighted by molar-refractivity contribution is 0.101. The van der Waals surface area contributed by atoms with Crippen LogP contribution in [0, 0.1) is 28.8 Å². The largest absolute Gasteiger partial charge is 0.768 e. The molecule has 2 aromatic rings. The van der Waals surface area contributed by atoms with Crippen molar-refractivity contribution in [2.75, 3.05) is 5.32 Å². The molecule has 1 unspecified atom stereocenters. The number of hydrogen-bond donors (Lipinski definition) is 1. The van der Waals surface area contributed by atoms with Gasteiger partial charge in [-0.05, 0) is 41.4 Å². The summed E-state index contributed by atoms with van der Waals surface area (Å²) in [4.78, 5) is 11.1. The SMILES string of the molecule is N#Cc1cc(NC(=O)c2c(F)ccc(S(=O)[O-])c2F)ccc1F. The molecular formula is C14H6F3N2O3S-. The first-order valence-corrected chi connectivity index (χ1v) is 7.01. The highest BCUT2D eigenvalue weighted by Crippen LogP contribution is 2.21. The summed E-state index contributed by atoms with van der Waals surface area (Å²) < 4.78 is 62.4. The molecule has 0 radical (unpaired) electrons. The second-order valence-electron chi connectivity index (χ2n) is 4.23. The molecule has 2 rings (SSSR count). The molecule has 1 amide bonds. The van der Waals surface area contributed by atoms with Gasteiger partial charge in [-0.2, -0.15) is 5.26 Å². The molecule has 0 aromatic heterocycles. The van der Waals surface area contributed by atoms with Gasteiger partial charge < -0.3 is 9.87 Å². The van der Waals surface area contributed by atoms with Crippen molar-refractivity contribution in [2.45, 2.75) is 4.90 Å². The van der Waals surface area contributed by atoms with Crippen LogP contribution in [0.5, 0.6) is 0 Å². The molecule has 0 fully saturated rings. The molecule has 0 spiro atoms. The number of nitrogens with zero attached hydrogens (tertiary/aromatic N) is 1. The van der Waals surface area contributed by atoms with Gasteiger partial charge in [0.15, 0.2) is 5.82 Å². The van der Waals surface area contributed by atoms with Crippen molar-refractivity contribution in [3.8, 4) is 6.07 Å². The molecule has 0 heterocycles. The second-order valence-corrected chi connectivity index (χ2v) is 5.14. The van der Waals surface area contributed by atoms with Crippen LogP contribution in [0.15, 0.2) is 35.2 Å². The molecule has 0 aliphatic heterocycles. The Kier molecular flexibility index (Phi) is 4.78. The maximum absolute atomic E-state index is 13.9. The maximum Gasteiger partial charge on any atom is 0.261 e. The van der Waals surface area contributed by atoms with Crippen LogP contribution in [0.1, 0.15) is 15.9 Å². The van der Waals surface area contributed by atoms with E-state index >= 15 is 0 Å². The highest BCUT2D eigenvalue weighted by atomic mass is 32.2. The first-order valence-electron chi connectivity index (χ1n) is 5.93. The Morgan fingerprint density at radius 1 is 1.17 bits per heavy atom. The molecule has 0 aliphatic rings. The number of amides is 1. The molecule has 0 saturated heterocycles. The minimum Gasteiger partial charge on any atom is -0.768 e. The molecule has 118 valence electrons. The van der Waals surface area contributed by atoms with Gasteiger partial charge in [0.25, 0.3) is 5.91 Å². The fraction of sp³-hybridized carbons (Fsp3) is 0. The van der Waals surface area contributed by atoms with E-state index in [9.17, 15) is 26.7 Å². The predicted molar refractivity (Wildman–Crippen MR) is 72.6 cm³/mol. The molecule has 0 aliphatic carbocycles. The van der Waals surface area contributed by atoms with Gasteiger partial charge in [0.2, 0.25) is 0 Å². The zero-order valence-corrected chi connectivity index (χ0v) is 11.9. The number of nitrogens with one attached hydrogen (secondary N) is 1. The van der Waals surface area contributed by atoms with Crippen LogP contribution in [0.2, 0.25) is 0 Å². The summed E-state index contributed by atoms with van der Waals surface area (Å²) in [7, 11) is 0. The quantitative estimate of drug-likeness (QED) is 0.869. The Morgan fingerprint density at radius 2 is 1.83 bits per heavy atom. The lowest BCUT2D eigenvalue weighted by Crippen LogP contribution is -2.17. The van der Waals surface area contributed by atoms with Gasteiger partial charge in [-0.25, -0.2) is 13.2 Å². The van der Waals surface area contributed by atoms with Crippen LogP contribution < -0.4 is 5.32 Å². The molecule has 0 saturated carbocycles. The normalized spacial score (nSPS) is 11.6. The maximum atomic E-state index is 13.9. The van der Waals surface area contributed by atoms with E-state index in [0.29, 0.717) is 12.1 Å². The summed E-state index contributed by atoms with van der Waals surface area (Å²) in [5.74, 6) is -4.91. The smallest absolute Gasteiger partial charge is 0.261 e. The number of benzene rings is 2. The summed E-state index contributed by atoms with van der Waals surface area (Å²) in [5, 5.41) is 10.8. The zero-order chi connectivity index (χ0) is 17.1. The fourth-order valence-corrected chi connectivity index (χ4v) is 2.18. The van der Waals surface area contributed by atoms with Crippen molar-refractivity contribution in [1.29, 1.82) is 5.26 Å². The van der Waals surface area contributed by atoms with Crippen LogP contribution in [0.3, 0.4) is 0 Å². The van der Waals surface area contributed by atoms with Crippen LogP contribution >= 0.6 is 0 Å². The zero-order valence-electron chi connectivity index (χ0n) is 11.1. The minimum absolute atomic E-state index is 0.0830. The van der Waals surface area contributed by atoms with Crippen molar-refractivity contribution in [3.63, 3.8) is 0 Å². The van der Waals surface area contributed by atoms with E-state index in [0.717, 1.165) is 18.2 Å². The minimum atomic E-state index is -2.99. The van der Waals surface area contributed by atoms with E-state index in [1.165, 1.54) is 6.07 Å². The Balaban J connectivity index is 2.41. The van der Waals surface area contributed by atoms with E-state index < -0.39 is 44.9 Å². The van der Waals surface area contributed by atoms with Gasteiger partial charge in [-0.3, -0.25) is 9.00 Å². The van der Waals surface area contributed by atoms with Crippen LogP contribution in [0.4, 0.5) is 18.9 Å². The van der Waals surface area contributed by atoms with Crippen molar-refractivity contribution in [3.05, 3.63) is 58.9 Å². The Hall–Kier alpha value is -2.70. The van der Waals surface area contributed by atoms with Crippen molar-refractivity contribution >= 4 is 22.7 Å². The summed E-state index contributed by atoms with van der Waals surface area (Å²) >= 11 is -2.99. The molecule has 2 aromatic carbocycles. The lowest BCUT2D eigenvalue weighted by atomic mass is 10.1. The van der Waals surface area contributed by atoms with E-state index in [1.54, 1.807) is 0 Å². The fourth-order valence-electron chi connectivity index (χ4n) is 1.75. The first-order chi connectivity index (χ1) is 10.8. The highest BCUT2D eigenvalue weighted by molar-refractivity contribution is 7.79. The van der Waals surface area contributed by atoms with E-state index in [-0.39, 0.29) is 11.3 Å². The van der Waals surface area contributed by atoms with E-state index in [4.69, 9.17) is 5.26 Å². The number of carbonyl (C=O) groups excluding carboxylic acids is 1. The standard InChI is InChI=1S/C14H7F3N2O3S/c15-9-2-1-8(5-7(9)6-18)19-14(20)12-10(16)3-4-11(13(12)17)23(21)22/h1-5H,(H,19,20)(H,21,22)/p-1. The van der Waals surface area contributed by atoms with Gasteiger partial charge in [0.05, 0.1) is 10.5 Å². The Bertz CT molecular complexity index is 865. The van der Waals surface area contributed by atoms with Gasteiger partial charge in [0.1, 0.15) is 23.3 Å². The molecule has 1 atom stereocenters. The molecule has 23 heavy (non-hydrogen) atoms. The van der Waals surface area contributed by atoms with Crippen LogP contribution in [-0.2, 0) is 11.1 Å². The van der Waals surface area contributed by atoms with Gasteiger partial charge in [-0.1, -0.05) is 0 Å². The van der Waals surface area contributed by atoms with Crippen LogP contribution in [0.25, 0.3) is 0 Å². The van der Waals surface area contributed by atoms with E-state index in [1.807, 2.05) is 0 Å². The lowest BCUT2D eigenvalue weighted by Gasteiger charge is -2.12. The third kappa shape index (κ3) is 3.39. The number of anilines is 1. The third-order valence-corrected chi connectivity index (χ3v) is 3.48. The van der Waals surface area contributed by atoms with Crippen molar-refractivity contribution < 1.29 is 26.7 Å². The summed E-state index contributed by atoms with van der Waals surface area (Å²) in [6.45, 7) is 0. The second kappa shape index (κ2) is 6.60. The molecule has 5 nitrogen and oxygen atoms in total.